The third kappa shape index (κ3) is 6.56. The van der Waals surface area contributed by atoms with E-state index in [2.05, 4.69) is 5.32 Å². The average Bonchev–Trinajstić information content (AvgIpc) is 3.37. The first kappa shape index (κ1) is 31.4. The summed E-state index contributed by atoms with van der Waals surface area (Å²) < 4.78 is 45.9. The van der Waals surface area contributed by atoms with Gasteiger partial charge in [0.1, 0.15) is 23.9 Å². The highest BCUT2D eigenvalue weighted by molar-refractivity contribution is 7.07. The van der Waals surface area contributed by atoms with E-state index >= 15 is 0 Å². The number of para-hydroxylation sites is 1. The second-order valence-electron chi connectivity index (χ2n) is 10.6. The number of hydrogen-bond donors (Lipinski definition) is 1. The monoisotopic (exact) mass is 653 g/mol. The van der Waals surface area contributed by atoms with E-state index in [1.807, 2.05) is 30.3 Å². The van der Waals surface area contributed by atoms with E-state index in [1.165, 1.54) is 29.1 Å². The highest BCUT2D eigenvalue weighted by Gasteiger charge is 2.32. The molecule has 11 heteroatoms. The number of fused-ring (bicyclic) bond motifs is 1. The fraction of sp³-hybridized carbons (Fsp3) is 0.139. The van der Waals surface area contributed by atoms with E-state index in [-0.39, 0.29) is 23.8 Å². The number of hydrogen-bond acceptors (Lipinski definition) is 7. The molecule has 4 aromatic carbocycles. The zero-order chi connectivity index (χ0) is 33.1. The predicted octanol–water partition coefficient (Wildman–Crippen LogP) is 5.75. The molecule has 6 rings (SSSR count). The van der Waals surface area contributed by atoms with Gasteiger partial charge in [-0.3, -0.25) is 14.2 Å². The number of anilines is 1. The molecule has 1 N–H and O–H groups in total. The van der Waals surface area contributed by atoms with Crippen molar-refractivity contribution >= 4 is 29.0 Å². The van der Waals surface area contributed by atoms with Crippen LogP contribution in [0.15, 0.2) is 112 Å². The number of aromatic nitrogens is 1. The van der Waals surface area contributed by atoms with Gasteiger partial charge in [-0.1, -0.05) is 47.7 Å². The lowest BCUT2D eigenvalue weighted by atomic mass is 9.95. The molecule has 0 saturated heterocycles. The number of nitrogens with zero attached hydrogens (tertiary/aromatic N) is 2. The van der Waals surface area contributed by atoms with Crippen LogP contribution in [-0.2, 0) is 11.4 Å². The van der Waals surface area contributed by atoms with Gasteiger partial charge in [0, 0.05) is 17.3 Å². The number of thiazole rings is 1. The van der Waals surface area contributed by atoms with Crippen molar-refractivity contribution in [3.63, 3.8) is 0 Å². The van der Waals surface area contributed by atoms with Gasteiger partial charge in [0.15, 0.2) is 16.4 Å². The van der Waals surface area contributed by atoms with Crippen molar-refractivity contribution in [2.24, 2.45) is 4.99 Å². The van der Waals surface area contributed by atoms with Gasteiger partial charge in [0.05, 0.1) is 36.1 Å². The molecular weight excluding hydrogens is 624 g/mol. The molecule has 1 aliphatic rings. The van der Waals surface area contributed by atoms with Crippen LogP contribution in [0, 0.1) is 11.6 Å². The number of halogens is 2. The second kappa shape index (κ2) is 13.4. The zero-order valence-electron chi connectivity index (χ0n) is 25.6. The van der Waals surface area contributed by atoms with Gasteiger partial charge in [0.2, 0.25) is 0 Å². The van der Waals surface area contributed by atoms with Gasteiger partial charge in [-0.25, -0.2) is 13.8 Å². The summed E-state index contributed by atoms with van der Waals surface area (Å²) in [5, 5.41) is 2.94. The molecule has 0 aliphatic carbocycles. The lowest BCUT2D eigenvalue weighted by Gasteiger charge is -2.25. The number of methoxy groups -OCH3 is 2. The van der Waals surface area contributed by atoms with Crippen LogP contribution in [-0.4, -0.2) is 24.7 Å². The second-order valence-corrected chi connectivity index (χ2v) is 11.6. The lowest BCUT2D eigenvalue weighted by molar-refractivity contribution is -0.113. The molecule has 47 heavy (non-hydrogen) atoms. The molecule has 0 bridgehead atoms. The summed E-state index contributed by atoms with van der Waals surface area (Å²) in [6.07, 6.45) is 1.72. The third-order valence-corrected chi connectivity index (χ3v) is 8.59. The Morgan fingerprint density at radius 2 is 1.70 bits per heavy atom. The summed E-state index contributed by atoms with van der Waals surface area (Å²) in [5.41, 5.74) is 3.08. The number of ether oxygens (including phenoxy) is 3. The van der Waals surface area contributed by atoms with Crippen LogP contribution in [0.2, 0.25) is 0 Å². The Hall–Kier alpha value is -5.55. The summed E-state index contributed by atoms with van der Waals surface area (Å²) in [6, 6.07) is 23.9. The summed E-state index contributed by atoms with van der Waals surface area (Å²) in [5.74, 6) is -0.865. The minimum atomic E-state index is -0.820. The quantitative estimate of drug-likeness (QED) is 0.219. The molecule has 8 nitrogen and oxygen atoms in total. The minimum absolute atomic E-state index is 0.0643. The molecule has 0 fully saturated rings. The van der Waals surface area contributed by atoms with E-state index in [0.717, 1.165) is 12.1 Å². The first-order valence-corrected chi connectivity index (χ1v) is 15.3. The smallest absolute Gasteiger partial charge is 0.271 e. The molecule has 1 aromatic heterocycles. The maximum absolute atomic E-state index is 14.2. The molecule has 1 atom stereocenters. The molecule has 0 saturated carbocycles. The SMILES string of the molecule is COc1ccc([C@@H]2C(C(=O)Nc3ccccc3)=C(C)N=c3sc(=Cc4ccc(OC)c(COc5ccc(F)cc5F)c4)c(=O)n32)cc1. The molecule has 2 heterocycles. The van der Waals surface area contributed by atoms with Crippen LogP contribution >= 0.6 is 11.3 Å². The average molecular weight is 654 g/mol. The molecule has 0 radical (unpaired) electrons. The number of carbonyl (C=O) groups excluding carboxylic acids is 1. The Bertz CT molecular complexity index is 2180. The molecular formula is C36H29F2N3O5S. The molecule has 1 amide bonds. The fourth-order valence-electron chi connectivity index (χ4n) is 5.33. The Labute approximate surface area is 272 Å². The molecule has 0 unspecified atom stereocenters. The van der Waals surface area contributed by atoms with Crippen LogP contribution in [0.3, 0.4) is 0 Å². The van der Waals surface area contributed by atoms with E-state index in [9.17, 15) is 18.4 Å². The Balaban J connectivity index is 1.40. The van der Waals surface area contributed by atoms with Gasteiger partial charge in [-0.15, -0.1) is 0 Å². The van der Waals surface area contributed by atoms with Crippen molar-refractivity contribution in [1.82, 2.24) is 4.57 Å². The largest absolute Gasteiger partial charge is 0.497 e. The number of nitrogens with one attached hydrogen (secondary N) is 1. The van der Waals surface area contributed by atoms with Gasteiger partial charge < -0.3 is 19.5 Å². The highest BCUT2D eigenvalue weighted by Crippen LogP contribution is 2.32. The Morgan fingerprint density at radius 1 is 0.957 bits per heavy atom. The van der Waals surface area contributed by atoms with Gasteiger partial charge in [0.25, 0.3) is 11.5 Å². The predicted molar refractivity (Wildman–Crippen MR) is 176 cm³/mol. The molecule has 1 aliphatic heterocycles. The van der Waals surface area contributed by atoms with Gasteiger partial charge >= 0.3 is 0 Å². The van der Waals surface area contributed by atoms with E-state index in [1.54, 1.807) is 62.6 Å². The maximum Gasteiger partial charge on any atom is 0.271 e. The molecule has 238 valence electrons. The van der Waals surface area contributed by atoms with Crippen molar-refractivity contribution in [2.75, 3.05) is 19.5 Å². The van der Waals surface area contributed by atoms with E-state index < -0.39 is 17.7 Å². The topological polar surface area (TPSA) is 91.2 Å². The van der Waals surface area contributed by atoms with Crippen LogP contribution < -0.4 is 34.4 Å². The minimum Gasteiger partial charge on any atom is -0.497 e. The van der Waals surface area contributed by atoms with Gasteiger partial charge in [-0.2, -0.15) is 0 Å². The van der Waals surface area contributed by atoms with Crippen molar-refractivity contribution in [2.45, 2.75) is 19.6 Å². The number of carbonyl (C=O) groups is 1. The Morgan fingerprint density at radius 3 is 2.40 bits per heavy atom. The van der Waals surface area contributed by atoms with Crippen molar-refractivity contribution in [3.8, 4) is 17.2 Å². The summed E-state index contributed by atoms with van der Waals surface area (Å²) in [4.78, 5) is 33.0. The maximum atomic E-state index is 14.2. The normalized spacial score (nSPS) is 14.3. The molecule has 0 spiro atoms. The standard InChI is InChI=1S/C36H29F2N3O5S/c1-21-32(34(42)40-26-7-5-4-6-8-26)33(23-10-13-27(44-2)14-11-23)41-35(43)31(47-36(41)39-21)18-22-9-15-29(45-3)24(17-22)20-46-30-16-12-25(37)19-28(30)38/h4-19,33H,20H2,1-3H3,(H,40,42)/t33-/m1/s1. The fourth-order valence-corrected chi connectivity index (χ4v) is 6.38. The van der Waals surface area contributed by atoms with E-state index in [0.29, 0.717) is 54.5 Å². The number of rotatable bonds is 9. The lowest BCUT2D eigenvalue weighted by Crippen LogP contribution is -2.40. The highest BCUT2D eigenvalue weighted by atomic mass is 32.1. The van der Waals surface area contributed by atoms with Gasteiger partial charge in [-0.05, 0) is 72.7 Å². The van der Waals surface area contributed by atoms with Crippen molar-refractivity contribution in [3.05, 3.63) is 150 Å². The third-order valence-electron chi connectivity index (χ3n) is 7.61. The summed E-state index contributed by atoms with van der Waals surface area (Å²) in [7, 11) is 3.07. The molecule has 5 aromatic rings. The number of benzene rings is 4. The zero-order valence-corrected chi connectivity index (χ0v) is 26.4. The Kier molecular flexibility index (Phi) is 8.99. The van der Waals surface area contributed by atoms with Crippen LogP contribution in [0.4, 0.5) is 14.5 Å². The van der Waals surface area contributed by atoms with E-state index in [4.69, 9.17) is 19.2 Å². The number of amides is 1. The van der Waals surface area contributed by atoms with Crippen LogP contribution in [0.1, 0.15) is 29.7 Å². The summed E-state index contributed by atoms with van der Waals surface area (Å²) in [6.45, 7) is 1.69. The first-order chi connectivity index (χ1) is 22.7. The van der Waals surface area contributed by atoms with Crippen molar-refractivity contribution < 1.29 is 27.8 Å². The van der Waals surface area contributed by atoms with Crippen LogP contribution in [0.25, 0.3) is 6.08 Å². The number of allylic oxidation sites excluding steroid dienone is 1. The van der Waals surface area contributed by atoms with Crippen molar-refractivity contribution in [1.29, 1.82) is 0 Å². The first-order valence-electron chi connectivity index (χ1n) is 14.5. The van der Waals surface area contributed by atoms with Crippen LogP contribution in [0.5, 0.6) is 17.2 Å². The summed E-state index contributed by atoms with van der Waals surface area (Å²) >= 11 is 1.20.